The highest BCUT2D eigenvalue weighted by atomic mass is 16.3. The number of imide groups is 1. The second-order valence-electron chi connectivity index (χ2n) is 3.89. The van der Waals surface area contributed by atoms with Crippen molar-refractivity contribution in [2.24, 2.45) is 0 Å². The standard InChI is InChI=1S/C13H15NO4/c1-9(15)14(10(2)16)8-12(17)13(18)11-6-4-3-5-7-11/h3-7,12,17H,8H2,1-2H3. The molecule has 1 aromatic rings. The van der Waals surface area contributed by atoms with Crippen molar-refractivity contribution in [3.05, 3.63) is 35.9 Å². The van der Waals surface area contributed by atoms with E-state index in [0.29, 0.717) is 5.56 Å². The number of carbonyl (C=O) groups excluding carboxylic acids is 3. The topological polar surface area (TPSA) is 74.7 Å². The molecule has 0 saturated heterocycles. The van der Waals surface area contributed by atoms with Crippen molar-refractivity contribution in [2.45, 2.75) is 20.0 Å². The van der Waals surface area contributed by atoms with Crippen LogP contribution in [0.15, 0.2) is 30.3 Å². The van der Waals surface area contributed by atoms with E-state index in [4.69, 9.17) is 0 Å². The molecular formula is C13H15NO4. The lowest BCUT2D eigenvalue weighted by Gasteiger charge is -2.20. The van der Waals surface area contributed by atoms with Crippen molar-refractivity contribution in [2.75, 3.05) is 6.54 Å². The lowest BCUT2D eigenvalue weighted by molar-refractivity contribution is -0.143. The van der Waals surface area contributed by atoms with Crippen LogP contribution >= 0.6 is 0 Å². The zero-order chi connectivity index (χ0) is 13.7. The van der Waals surface area contributed by atoms with Gasteiger partial charge < -0.3 is 5.11 Å². The van der Waals surface area contributed by atoms with Gasteiger partial charge in [-0.05, 0) is 0 Å². The minimum absolute atomic E-state index is 0.321. The minimum Gasteiger partial charge on any atom is -0.383 e. The number of benzene rings is 1. The van der Waals surface area contributed by atoms with Gasteiger partial charge in [0.05, 0.1) is 6.54 Å². The van der Waals surface area contributed by atoms with Crippen molar-refractivity contribution in [3.63, 3.8) is 0 Å². The first kappa shape index (κ1) is 14.1. The molecule has 0 saturated carbocycles. The van der Waals surface area contributed by atoms with Gasteiger partial charge in [-0.1, -0.05) is 30.3 Å². The fraction of sp³-hybridized carbons (Fsp3) is 0.308. The fourth-order valence-corrected chi connectivity index (χ4v) is 1.53. The predicted octanol–water partition coefficient (Wildman–Crippen LogP) is 0.625. The molecule has 1 aromatic carbocycles. The largest absolute Gasteiger partial charge is 0.383 e. The van der Waals surface area contributed by atoms with Crippen LogP contribution in [0.5, 0.6) is 0 Å². The highest BCUT2D eigenvalue weighted by Crippen LogP contribution is 2.05. The quantitative estimate of drug-likeness (QED) is 0.794. The molecule has 1 unspecified atom stereocenters. The van der Waals surface area contributed by atoms with Crippen molar-refractivity contribution in [3.8, 4) is 0 Å². The molecule has 0 spiro atoms. The van der Waals surface area contributed by atoms with Gasteiger partial charge in [-0.3, -0.25) is 19.3 Å². The van der Waals surface area contributed by atoms with E-state index < -0.39 is 23.7 Å². The van der Waals surface area contributed by atoms with Gasteiger partial charge in [0.1, 0.15) is 6.10 Å². The summed E-state index contributed by atoms with van der Waals surface area (Å²) >= 11 is 0. The maximum Gasteiger partial charge on any atom is 0.226 e. The van der Waals surface area contributed by atoms with Crippen LogP contribution in [0.3, 0.4) is 0 Å². The number of rotatable bonds is 4. The van der Waals surface area contributed by atoms with E-state index in [1.165, 1.54) is 13.8 Å². The second-order valence-corrected chi connectivity index (χ2v) is 3.89. The van der Waals surface area contributed by atoms with E-state index in [-0.39, 0.29) is 6.54 Å². The summed E-state index contributed by atoms with van der Waals surface area (Å²) < 4.78 is 0. The van der Waals surface area contributed by atoms with Gasteiger partial charge >= 0.3 is 0 Å². The highest BCUT2D eigenvalue weighted by Gasteiger charge is 2.23. The summed E-state index contributed by atoms with van der Waals surface area (Å²) in [6, 6.07) is 8.23. The smallest absolute Gasteiger partial charge is 0.226 e. The number of nitrogens with zero attached hydrogens (tertiary/aromatic N) is 1. The van der Waals surface area contributed by atoms with E-state index in [2.05, 4.69) is 0 Å². The number of aliphatic hydroxyl groups excluding tert-OH is 1. The average Bonchev–Trinajstić information content (AvgIpc) is 2.35. The molecule has 0 fully saturated rings. The Kier molecular flexibility index (Phi) is 4.74. The summed E-state index contributed by atoms with van der Waals surface area (Å²) in [5.41, 5.74) is 0.344. The van der Waals surface area contributed by atoms with Crippen LogP contribution in [0, 0.1) is 0 Å². The Labute approximate surface area is 105 Å². The molecule has 2 amide bonds. The van der Waals surface area contributed by atoms with Crippen molar-refractivity contribution in [1.29, 1.82) is 0 Å². The Morgan fingerprint density at radius 1 is 1.11 bits per heavy atom. The monoisotopic (exact) mass is 249 g/mol. The van der Waals surface area contributed by atoms with Gasteiger partial charge in [-0.2, -0.15) is 0 Å². The molecule has 0 radical (unpaired) electrons. The minimum atomic E-state index is -1.40. The summed E-state index contributed by atoms with van der Waals surface area (Å²) in [6.07, 6.45) is -1.40. The average molecular weight is 249 g/mol. The van der Waals surface area contributed by atoms with Crippen molar-refractivity contribution < 1.29 is 19.5 Å². The molecule has 1 rings (SSSR count). The third-order valence-electron chi connectivity index (χ3n) is 2.48. The molecule has 0 aromatic heterocycles. The molecule has 5 heteroatoms. The first-order valence-corrected chi connectivity index (χ1v) is 5.49. The van der Waals surface area contributed by atoms with Gasteiger partial charge in [0.15, 0.2) is 5.78 Å². The molecule has 0 heterocycles. The van der Waals surface area contributed by atoms with Crippen LogP contribution in [0.1, 0.15) is 24.2 Å². The predicted molar refractivity (Wildman–Crippen MR) is 64.8 cm³/mol. The van der Waals surface area contributed by atoms with Crippen molar-refractivity contribution >= 4 is 17.6 Å². The van der Waals surface area contributed by atoms with Crippen LogP contribution in [0.2, 0.25) is 0 Å². The molecule has 1 N–H and O–H groups in total. The van der Waals surface area contributed by atoms with E-state index >= 15 is 0 Å². The molecule has 0 aliphatic rings. The number of amides is 2. The van der Waals surface area contributed by atoms with Crippen LogP contribution in [-0.2, 0) is 9.59 Å². The number of Topliss-reactive ketones (excluding diaryl/α,β-unsaturated/α-hetero) is 1. The van der Waals surface area contributed by atoms with E-state index in [1.807, 2.05) is 0 Å². The van der Waals surface area contributed by atoms with E-state index in [1.54, 1.807) is 30.3 Å². The Balaban J connectivity index is 2.76. The summed E-state index contributed by atoms with van der Waals surface area (Å²) in [5, 5.41) is 9.74. The Hall–Kier alpha value is -2.01. The van der Waals surface area contributed by atoms with Crippen molar-refractivity contribution in [1.82, 2.24) is 4.90 Å². The number of hydrogen-bond donors (Lipinski definition) is 1. The third kappa shape index (κ3) is 3.49. The molecule has 5 nitrogen and oxygen atoms in total. The summed E-state index contributed by atoms with van der Waals surface area (Å²) in [4.78, 5) is 35.0. The van der Waals surface area contributed by atoms with Crippen LogP contribution in [0.4, 0.5) is 0 Å². The number of hydrogen-bond acceptors (Lipinski definition) is 4. The number of carbonyl (C=O) groups is 3. The molecule has 0 aliphatic heterocycles. The summed E-state index contributed by atoms with van der Waals surface area (Å²) in [6.45, 7) is 2.10. The van der Waals surface area contributed by atoms with Crippen LogP contribution < -0.4 is 0 Å². The molecule has 0 bridgehead atoms. The maximum absolute atomic E-state index is 11.8. The highest BCUT2D eigenvalue weighted by molar-refractivity contribution is 6.00. The molecule has 1 atom stereocenters. The normalized spacial score (nSPS) is 11.7. The van der Waals surface area contributed by atoms with E-state index in [9.17, 15) is 19.5 Å². The zero-order valence-corrected chi connectivity index (χ0v) is 10.3. The maximum atomic E-state index is 11.8. The Morgan fingerprint density at radius 3 is 2.06 bits per heavy atom. The lowest BCUT2D eigenvalue weighted by atomic mass is 10.1. The van der Waals surface area contributed by atoms with Crippen LogP contribution in [-0.4, -0.2) is 40.3 Å². The molecular weight excluding hydrogens is 234 g/mol. The molecule has 0 aliphatic carbocycles. The SMILES string of the molecule is CC(=O)N(CC(O)C(=O)c1ccccc1)C(C)=O. The lowest BCUT2D eigenvalue weighted by Crippen LogP contribution is -2.42. The van der Waals surface area contributed by atoms with Gasteiger partial charge in [0.2, 0.25) is 11.8 Å². The van der Waals surface area contributed by atoms with Crippen LogP contribution in [0.25, 0.3) is 0 Å². The van der Waals surface area contributed by atoms with Gasteiger partial charge in [-0.15, -0.1) is 0 Å². The Bertz CT molecular complexity index is 441. The van der Waals surface area contributed by atoms with Gasteiger partial charge in [0.25, 0.3) is 0 Å². The first-order chi connectivity index (χ1) is 8.43. The Morgan fingerprint density at radius 2 is 1.61 bits per heavy atom. The van der Waals surface area contributed by atoms with E-state index in [0.717, 1.165) is 4.90 Å². The summed E-state index contributed by atoms with van der Waals surface area (Å²) in [7, 11) is 0. The molecule has 96 valence electrons. The van der Waals surface area contributed by atoms with Gasteiger partial charge in [-0.25, -0.2) is 0 Å². The molecule has 18 heavy (non-hydrogen) atoms. The van der Waals surface area contributed by atoms with Gasteiger partial charge in [0, 0.05) is 19.4 Å². The number of aliphatic hydroxyl groups is 1. The summed E-state index contributed by atoms with van der Waals surface area (Å²) in [5.74, 6) is -1.51. The second kappa shape index (κ2) is 6.07. The number of ketones is 1. The first-order valence-electron chi connectivity index (χ1n) is 5.49. The zero-order valence-electron chi connectivity index (χ0n) is 10.3. The third-order valence-corrected chi connectivity index (χ3v) is 2.48. The fourth-order valence-electron chi connectivity index (χ4n) is 1.53.